The number of nitrogens with one attached hydrogen (secondary N) is 2. The van der Waals surface area contributed by atoms with E-state index >= 15 is 0 Å². The lowest BCUT2D eigenvalue weighted by Crippen LogP contribution is -2.49. The number of piperazine rings is 1. The van der Waals surface area contributed by atoms with Crippen LogP contribution in [0.1, 0.15) is 43.1 Å². The molecule has 232 valence electrons. The topological polar surface area (TPSA) is 122 Å². The van der Waals surface area contributed by atoms with Gasteiger partial charge in [0, 0.05) is 66.9 Å². The monoisotopic (exact) mass is 639 g/mol. The molecule has 12 heteroatoms. The number of carbonyl (C=O) groups is 4. The first-order valence-electron chi connectivity index (χ1n) is 14.2. The number of hydrogen-bond acceptors (Lipinski definition) is 6. The van der Waals surface area contributed by atoms with Crippen LogP contribution < -0.4 is 15.5 Å². The minimum absolute atomic E-state index is 0.0683. The van der Waals surface area contributed by atoms with Gasteiger partial charge in [0.25, 0.3) is 11.8 Å². The Hall–Kier alpha value is -4.12. The lowest BCUT2D eigenvalue weighted by molar-refractivity contribution is -0.131. The van der Waals surface area contributed by atoms with Crippen LogP contribution in [-0.4, -0.2) is 92.0 Å². The average Bonchev–Trinajstić information content (AvgIpc) is 3.01. The van der Waals surface area contributed by atoms with Gasteiger partial charge in [-0.3, -0.25) is 14.4 Å². The minimum atomic E-state index is -1.09. The maximum atomic E-state index is 13.2. The molecule has 3 amide bonds. The Morgan fingerprint density at radius 1 is 0.841 bits per heavy atom. The number of benzene rings is 3. The van der Waals surface area contributed by atoms with Crippen LogP contribution in [0.4, 0.5) is 11.4 Å². The molecule has 1 fully saturated rings. The molecule has 4 rings (SSSR count). The molecule has 1 aliphatic rings. The second kappa shape index (κ2) is 15.1. The number of carboxylic acids is 1. The Kier molecular flexibility index (Phi) is 11.2. The molecule has 0 unspecified atom stereocenters. The number of amides is 3. The van der Waals surface area contributed by atoms with Crippen molar-refractivity contribution in [3.8, 4) is 0 Å². The molecule has 3 aromatic carbocycles. The second-order valence-electron chi connectivity index (χ2n) is 10.7. The summed E-state index contributed by atoms with van der Waals surface area (Å²) in [5.41, 5.74) is 2.69. The lowest BCUT2D eigenvalue weighted by atomic mass is 10.1. The smallest absolute Gasteiger partial charge is 0.335 e. The van der Waals surface area contributed by atoms with E-state index in [1.807, 2.05) is 30.0 Å². The molecule has 3 aromatic rings. The molecule has 3 N–H and O–H groups in total. The van der Waals surface area contributed by atoms with Crippen molar-refractivity contribution in [2.45, 2.75) is 12.8 Å². The van der Waals surface area contributed by atoms with Crippen molar-refractivity contribution >= 4 is 58.3 Å². The number of nitrogens with zero attached hydrogens (tertiary/aromatic N) is 3. The third kappa shape index (κ3) is 8.72. The third-order valence-electron chi connectivity index (χ3n) is 7.34. The van der Waals surface area contributed by atoms with Crippen molar-refractivity contribution in [3.63, 3.8) is 0 Å². The molecule has 1 aliphatic heterocycles. The van der Waals surface area contributed by atoms with Crippen molar-refractivity contribution in [1.29, 1.82) is 0 Å². The number of anilines is 2. The molecule has 0 bridgehead atoms. The summed E-state index contributed by atoms with van der Waals surface area (Å²) in [6, 6.07) is 15.9. The van der Waals surface area contributed by atoms with Crippen LogP contribution in [0.5, 0.6) is 0 Å². The highest BCUT2D eigenvalue weighted by Crippen LogP contribution is 2.29. The van der Waals surface area contributed by atoms with Gasteiger partial charge in [-0.1, -0.05) is 29.3 Å². The number of hydrogen-bond donors (Lipinski definition) is 3. The summed E-state index contributed by atoms with van der Waals surface area (Å²) >= 11 is 12.2. The van der Waals surface area contributed by atoms with E-state index in [0.29, 0.717) is 79.1 Å². The van der Waals surface area contributed by atoms with Crippen molar-refractivity contribution in [1.82, 2.24) is 15.1 Å². The Labute approximate surface area is 266 Å². The van der Waals surface area contributed by atoms with E-state index in [9.17, 15) is 24.3 Å². The Balaban J connectivity index is 1.50. The molecule has 0 atom stereocenters. The summed E-state index contributed by atoms with van der Waals surface area (Å²) in [6.07, 6.45) is 0.955. The van der Waals surface area contributed by atoms with E-state index in [1.54, 1.807) is 30.3 Å². The SMILES string of the molecule is CN(C)CCC(=O)N1CCN(c2ccc(C(=O)NCCc3ccc(Cl)cc3Cl)cc2NC(=O)c2ccc(C(=O)O)cc2)CC1. The molecule has 44 heavy (non-hydrogen) atoms. The zero-order valence-electron chi connectivity index (χ0n) is 24.6. The first-order valence-corrected chi connectivity index (χ1v) is 15.0. The largest absolute Gasteiger partial charge is 0.478 e. The summed E-state index contributed by atoms with van der Waals surface area (Å²) in [5.74, 6) is -1.76. The van der Waals surface area contributed by atoms with Crippen LogP contribution in [0.3, 0.4) is 0 Å². The fraction of sp³-hybridized carbons (Fsp3) is 0.312. The fourth-order valence-corrected chi connectivity index (χ4v) is 5.33. The summed E-state index contributed by atoms with van der Waals surface area (Å²) < 4.78 is 0. The number of carbonyl (C=O) groups excluding carboxylic acids is 3. The summed E-state index contributed by atoms with van der Waals surface area (Å²) in [7, 11) is 3.86. The maximum absolute atomic E-state index is 13.2. The molecule has 0 spiro atoms. The van der Waals surface area contributed by atoms with Crippen LogP contribution in [0.15, 0.2) is 60.7 Å². The normalized spacial score (nSPS) is 13.1. The summed E-state index contributed by atoms with van der Waals surface area (Å²) in [6.45, 7) is 3.19. The first kappa shape index (κ1) is 32.8. The molecule has 0 radical (unpaired) electrons. The number of halogens is 2. The van der Waals surface area contributed by atoms with Crippen molar-refractivity contribution < 1.29 is 24.3 Å². The van der Waals surface area contributed by atoms with Gasteiger partial charge in [0.15, 0.2) is 0 Å². The summed E-state index contributed by atoms with van der Waals surface area (Å²) in [4.78, 5) is 56.1. The van der Waals surface area contributed by atoms with Gasteiger partial charge in [-0.25, -0.2) is 4.79 Å². The van der Waals surface area contributed by atoms with Gasteiger partial charge in [0.05, 0.1) is 16.9 Å². The molecule has 1 saturated heterocycles. The van der Waals surface area contributed by atoms with E-state index in [2.05, 4.69) is 15.5 Å². The molecule has 0 aliphatic carbocycles. The highest BCUT2D eigenvalue weighted by Gasteiger charge is 2.24. The number of carboxylic acid groups (broad SMARTS) is 1. The molecule has 0 saturated carbocycles. The standard InChI is InChI=1S/C32H35Cl2N5O5/c1-37(2)14-12-29(40)39-17-15-38(16-18-39)28-10-8-24(30(41)35-13-11-21-7-9-25(33)20-26(21)34)19-27(28)36-31(42)22-3-5-23(6-4-22)32(43)44/h3-10,19-20H,11-18H2,1-2H3,(H,35,41)(H,36,42)(H,43,44). The minimum Gasteiger partial charge on any atom is -0.478 e. The summed E-state index contributed by atoms with van der Waals surface area (Å²) in [5, 5.41) is 16.0. The quantitative estimate of drug-likeness (QED) is 0.282. The predicted molar refractivity (Wildman–Crippen MR) is 172 cm³/mol. The van der Waals surface area contributed by atoms with Crippen LogP contribution in [0.25, 0.3) is 0 Å². The van der Waals surface area contributed by atoms with Gasteiger partial charge in [-0.05, 0) is 80.7 Å². The van der Waals surface area contributed by atoms with E-state index in [0.717, 1.165) is 5.56 Å². The zero-order valence-corrected chi connectivity index (χ0v) is 26.1. The Bertz CT molecular complexity index is 1520. The van der Waals surface area contributed by atoms with Gasteiger partial charge in [0.2, 0.25) is 5.91 Å². The van der Waals surface area contributed by atoms with Crippen LogP contribution >= 0.6 is 23.2 Å². The van der Waals surface area contributed by atoms with Gasteiger partial charge < -0.3 is 30.4 Å². The molecular weight excluding hydrogens is 605 g/mol. The van der Waals surface area contributed by atoms with Crippen LogP contribution in [0, 0.1) is 0 Å². The Morgan fingerprint density at radius 2 is 1.50 bits per heavy atom. The van der Waals surface area contributed by atoms with Crippen LogP contribution in [0.2, 0.25) is 10.0 Å². The molecular formula is C32H35Cl2N5O5. The van der Waals surface area contributed by atoms with E-state index < -0.39 is 11.9 Å². The molecule has 10 nitrogen and oxygen atoms in total. The molecule has 1 heterocycles. The van der Waals surface area contributed by atoms with Crippen molar-refractivity contribution in [2.75, 3.05) is 63.6 Å². The lowest BCUT2D eigenvalue weighted by Gasteiger charge is -2.37. The maximum Gasteiger partial charge on any atom is 0.335 e. The van der Waals surface area contributed by atoms with E-state index in [4.69, 9.17) is 23.2 Å². The van der Waals surface area contributed by atoms with Gasteiger partial charge in [0.1, 0.15) is 0 Å². The highest BCUT2D eigenvalue weighted by atomic mass is 35.5. The first-order chi connectivity index (χ1) is 21.0. The van der Waals surface area contributed by atoms with Gasteiger partial charge >= 0.3 is 5.97 Å². The average molecular weight is 641 g/mol. The van der Waals surface area contributed by atoms with Crippen LogP contribution in [-0.2, 0) is 11.2 Å². The zero-order chi connectivity index (χ0) is 31.8. The number of aromatic carboxylic acids is 1. The second-order valence-corrected chi connectivity index (χ2v) is 11.6. The van der Waals surface area contributed by atoms with Crippen molar-refractivity contribution in [2.24, 2.45) is 0 Å². The fourth-order valence-electron chi connectivity index (χ4n) is 4.82. The van der Waals surface area contributed by atoms with Gasteiger partial charge in [-0.15, -0.1) is 0 Å². The Morgan fingerprint density at radius 3 is 2.14 bits per heavy atom. The van der Waals surface area contributed by atoms with Gasteiger partial charge in [-0.2, -0.15) is 0 Å². The molecule has 0 aromatic heterocycles. The number of rotatable bonds is 11. The third-order valence-corrected chi connectivity index (χ3v) is 7.93. The predicted octanol–water partition coefficient (Wildman–Crippen LogP) is 4.52. The van der Waals surface area contributed by atoms with E-state index in [1.165, 1.54) is 24.3 Å². The van der Waals surface area contributed by atoms with Crippen molar-refractivity contribution in [3.05, 3.63) is 93.0 Å². The highest BCUT2D eigenvalue weighted by molar-refractivity contribution is 6.35. The van der Waals surface area contributed by atoms with E-state index in [-0.39, 0.29) is 22.9 Å².